The molecule has 3 nitrogen and oxygen atoms in total. The standard InChI is InChI=1S/C32H35F3O3/c1-3-4-5-6-19-37-29-18-15-25(20-28(29)33)38-32(36)24-13-11-23(12-14-24)27-17-16-26(30(34)31(27)35)22-9-7-21(2)8-10-22/h11-18,20-22H,3-10,19H2,1-2H3. The second-order valence-corrected chi connectivity index (χ2v) is 10.3. The third-order valence-corrected chi connectivity index (χ3v) is 7.37. The molecular weight excluding hydrogens is 489 g/mol. The Bertz CT molecular complexity index is 1230. The summed E-state index contributed by atoms with van der Waals surface area (Å²) in [7, 11) is 0. The summed E-state index contributed by atoms with van der Waals surface area (Å²) in [6.07, 6.45) is 7.88. The van der Waals surface area contributed by atoms with Crippen molar-refractivity contribution in [1.29, 1.82) is 0 Å². The molecule has 0 spiro atoms. The summed E-state index contributed by atoms with van der Waals surface area (Å²) in [5.41, 5.74) is 1.24. The minimum atomic E-state index is -0.875. The van der Waals surface area contributed by atoms with Gasteiger partial charge in [-0.3, -0.25) is 0 Å². The van der Waals surface area contributed by atoms with Gasteiger partial charge in [0.1, 0.15) is 5.75 Å². The van der Waals surface area contributed by atoms with Gasteiger partial charge in [-0.1, -0.05) is 70.2 Å². The highest BCUT2D eigenvalue weighted by Crippen LogP contribution is 2.38. The van der Waals surface area contributed by atoms with Gasteiger partial charge in [0.25, 0.3) is 0 Å². The van der Waals surface area contributed by atoms with E-state index in [9.17, 15) is 13.6 Å². The van der Waals surface area contributed by atoms with E-state index in [1.165, 1.54) is 24.3 Å². The number of benzene rings is 3. The number of rotatable bonds is 10. The molecule has 0 saturated heterocycles. The Hall–Kier alpha value is -3.28. The molecule has 1 aliphatic rings. The number of carbonyl (C=O) groups is 1. The number of hydrogen-bond donors (Lipinski definition) is 0. The molecule has 0 atom stereocenters. The van der Waals surface area contributed by atoms with E-state index in [2.05, 4.69) is 13.8 Å². The third kappa shape index (κ3) is 6.77. The lowest BCUT2D eigenvalue weighted by molar-refractivity contribution is 0.0734. The molecule has 0 unspecified atom stereocenters. The first-order chi connectivity index (χ1) is 18.4. The van der Waals surface area contributed by atoms with Gasteiger partial charge in [-0.05, 0) is 66.5 Å². The molecule has 6 heteroatoms. The summed E-state index contributed by atoms with van der Waals surface area (Å²) >= 11 is 0. The smallest absolute Gasteiger partial charge is 0.343 e. The van der Waals surface area contributed by atoms with Gasteiger partial charge in [0, 0.05) is 11.6 Å². The second-order valence-electron chi connectivity index (χ2n) is 10.3. The summed E-state index contributed by atoms with van der Waals surface area (Å²) in [6, 6.07) is 13.4. The number of carbonyl (C=O) groups excluding carboxylic acids is 1. The predicted molar refractivity (Wildman–Crippen MR) is 143 cm³/mol. The zero-order valence-electron chi connectivity index (χ0n) is 22.1. The molecule has 0 N–H and O–H groups in total. The first-order valence-electron chi connectivity index (χ1n) is 13.6. The molecule has 0 aliphatic heterocycles. The molecule has 3 aromatic carbocycles. The summed E-state index contributed by atoms with van der Waals surface area (Å²) in [4.78, 5) is 12.6. The molecule has 3 aromatic rings. The highest BCUT2D eigenvalue weighted by molar-refractivity contribution is 5.91. The summed E-state index contributed by atoms with van der Waals surface area (Å²) in [5, 5.41) is 0. The van der Waals surface area contributed by atoms with Crippen molar-refractivity contribution in [2.24, 2.45) is 5.92 Å². The number of hydrogen-bond acceptors (Lipinski definition) is 3. The maximum absolute atomic E-state index is 15.0. The Kier molecular flexibility index (Phi) is 9.48. The van der Waals surface area contributed by atoms with Crippen molar-refractivity contribution in [3.8, 4) is 22.6 Å². The summed E-state index contributed by atoms with van der Waals surface area (Å²) in [6.45, 7) is 4.73. The molecule has 0 heterocycles. The van der Waals surface area contributed by atoms with Crippen molar-refractivity contribution >= 4 is 5.97 Å². The van der Waals surface area contributed by atoms with Crippen molar-refractivity contribution < 1.29 is 27.4 Å². The van der Waals surface area contributed by atoms with Crippen LogP contribution in [0.5, 0.6) is 11.5 Å². The first-order valence-corrected chi connectivity index (χ1v) is 13.6. The molecule has 1 aliphatic carbocycles. The number of ether oxygens (including phenoxy) is 2. The molecule has 202 valence electrons. The fraction of sp³-hybridized carbons (Fsp3) is 0.406. The molecule has 0 aromatic heterocycles. The van der Waals surface area contributed by atoms with Crippen LogP contribution in [0.15, 0.2) is 54.6 Å². The lowest BCUT2D eigenvalue weighted by Gasteiger charge is -2.27. The average molecular weight is 525 g/mol. The van der Waals surface area contributed by atoms with Crippen molar-refractivity contribution in [3.05, 3.63) is 83.2 Å². The van der Waals surface area contributed by atoms with Gasteiger partial charge < -0.3 is 9.47 Å². The zero-order chi connectivity index (χ0) is 27.1. The zero-order valence-corrected chi connectivity index (χ0v) is 22.1. The van der Waals surface area contributed by atoms with Crippen molar-refractivity contribution in [2.75, 3.05) is 6.61 Å². The van der Waals surface area contributed by atoms with E-state index in [0.717, 1.165) is 57.4 Å². The van der Waals surface area contributed by atoms with Crippen LogP contribution in [-0.2, 0) is 0 Å². The Labute approximate surface area is 223 Å². The summed E-state index contributed by atoms with van der Waals surface area (Å²) < 4.78 is 55.1. The van der Waals surface area contributed by atoms with Gasteiger partial charge in [0.15, 0.2) is 23.2 Å². The van der Waals surface area contributed by atoms with Crippen molar-refractivity contribution in [3.63, 3.8) is 0 Å². The van der Waals surface area contributed by atoms with Crippen LogP contribution in [0.2, 0.25) is 0 Å². The topological polar surface area (TPSA) is 35.5 Å². The minimum Gasteiger partial charge on any atom is -0.491 e. The molecule has 4 rings (SSSR count). The van der Waals surface area contributed by atoms with E-state index >= 15 is 4.39 Å². The predicted octanol–water partition coefficient (Wildman–Crippen LogP) is 9.24. The quantitative estimate of drug-likeness (QED) is 0.151. The van der Waals surface area contributed by atoms with E-state index in [-0.39, 0.29) is 28.5 Å². The van der Waals surface area contributed by atoms with Crippen LogP contribution in [0.3, 0.4) is 0 Å². The number of esters is 1. The van der Waals surface area contributed by atoms with E-state index in [1.807, 2.05) is 0 Å². The van der Waals surface area contributed by atoms with Crippen LogP contribution in [0.25, 0.3) is 11.1 Å². The van der Waals surface area contributed by atoms with E-state index in [1.54, 1.807) is 24.3 Å². The number of halogens is 3. The second kappa shape index (κ2) is 13.0. The SMILES string of the molecule is CCCCCCOc1ccc(OC(=O)c2ccc(-c3ccc(C4CCC(C)CC4)c(F)c3F)cc2)cc1F. The molecule has 1 fully saturated rings. The van der Waals surface area contributed by atoms with Gasteiger partial charge >= 0.3 is 5.97 Å². The molecule has 38 heavy (non-hydrogen) atoms. The third-order valence-electron chi connectivity index (χ3n) is 7.37. The maximum Gasteiger partial charge on any atom is 0.343 e. The Morgan fingerprint density at radius 1 is 0.868 bits per heavy atom. The van der Waals surface area contributed by atoms with Crippen LogP contribution in [-0.4, -0.2) is 12.6 Å². The number of unbranched alkanes of at least 4 members (excludes halogenated alkanes) is 3. The van der Waals surface area contributed by atoms with Crippen LogP contribution < -0.4 is 9.47 Å². The van der Waals surface area contributed by atoms with Crippen molar-refractivity contribution in [1.82, 2.24) is 0 Å². The van der Waals surface area contributed by atoms with E-state index < -0.39 is 23.4 Å². The molecule has 0 radical (unpaired) electrons. The van der Waals surface area contributed by atoms with Gasteiger partial charge in [0.2, 0.25) is 0 Å². The van der Waals surface area contributed by atoms with Crippen LogP contribution in [0.4, 0.5) is 13.2 Å². The van der Waals surface area contributed by atoms with Gasteiger partial charge in [-0.15, -0.1) is 0 Å². The van der Waals surface area contributed by atoms with Crippen LogP contribution in [0.1, 0.15) is 87.1 Å². The van der Waals surface area contributed by atoms with Gasteiger partial charge in [-0.25, -0.2) is 18.0 Å². The monoisotopic (exact) mass is 524 g/mol. The highest BCUT2D eigenvalue weighted by atomic mass is 19.2. The van der Waals surface area contributed by atoms with E-state index in [0.29, 0.717) is 23.7 Å². The molecule has 1 saturated carbocycles. The van der Waals surface area contributed by atoms with Crippen LogP contribution in [0, 0.1) is 23.4 Å². The molecule has 0 amide bonds. The minimum absolute atomic E-state index is 0.0446. The van der Waals surface area contributed by atoms with Gasteiger partial charge in [0.05, 0.1) is 12.2 Å². The normalized spacial score (nSPS) is 17.3. The fourth-order valence-corrected chi connectivity index (χ4v) is 5.00. The highest BCUT2D eigenvalue weighted by Gasteiger charge is 2.25. The Balaban J connectivity index is 1.39. The molecular formula is C32H35F3O3. The Morgan fingerprint density at radius 3 is 2.29 bits per heavy atom. The van der Waals surface area contributed by atoms with Gasteiger partial charge in [-0.2, -0.15) is 0 Å². The first kappa shape index (κ1) is 27.7. The molecule has 0 bridgehead atoms. The Morgan fingerprint density at radius 2 is 1.61 bits per heavy atom. The van der Waals surface area contributed by atoms with E-state index in [4.69, 9.17) is 9.47 Å². The maximum atomic E-state index is 15.0. The summed E-state index contributed by atoms with van der Waals surface area (Å²) in [5.74, 6) is -2.12. The van der Waals surface area contributed by atoms with Crippen LogP contribution >= 0.6 is 0 Å². The van der Waals surface area contributed by atoms with Crippen molar-refractivity contribution in [2.45, 2.75) is 71.1 Å². The lowest BCUT2D eigenvalue weighted by atomic mass is 9.79. The fourth-order valence-electron chi connectivity index (χ4n) is 5.00. The average Bonchev–Trinajstić information content (AvgIpc) is 2.92. The lowest BCUT2D eigenvalue weighted by Crippen LogP contribution is -2.13. The largest absolute Gasteiger partial charge is 0.491 e.